The Labute approximate surface area is 104 Å². The van der Waals surface area contributed by atoms with Gasteiger partial charge in [-0.2, -0.15) is 0 Å². The van der Waals surface area contributed by atoms with Crippen LogP contribution in [-0.4, -0.2) is 62.8 Å². The lowest BCUT2D eigenvalue weighted by molar-refractivity contribution is -0.121. The number of hydrogen-bond donors (Lipinski definition) is 2. The number of carbonyl (C=O) groups excluding carboxylic acids is 1. The first-order valence-corrected chi connectivity index (χ1v) is 6.38. The molecule has 1 saturated heterocycles. The molecule has 0 radical (unpaired) electrons. The van der Waals surface area contributed by atoms with Gasteiger partial charge in [-0.1, -0.05) is 0 Å². The van der Waals surface area contributed by atoms with E-state index in [1.165, 1.54) is 0 Å². The second-order valence-corrected chi connectivity index (χ2v) is 4.93. The average molecular weight is 243 g/mol. The third-order valence-electron chi connectivity index (χ3n) is 2.69. The standard InChI is InChI=1S/C12H25N3O2/c1-10(2)14-12(16)4-5-13-8-11-9-15(3)6-7-17-11/h10-11,13H,4-9H2,1-3H3,(H,14,16). The summed E-state index contributed by atoms with van der Waals surface area (Å²) in [6.07, 6.45) is 0.780. The summed E-state index contributed by atoms with van der Waals surface area (Å²) >= 11 is 0. The van der Waals surface area contributed by atoms with Crippen LogP contribution >= 0.6 is 0 Å². The van der Waals surface area contributed by atoms with E-state index in [9.17, 15) is 4.79 Å². The highest BCUT2D eigenvalue weighted by atomic mass is 16.5. The van der Waals surface area contributed by atoms with Crippen molar-refractivity contribution in [3.63, 3.8) is 0 Å². The Bertz CT molecular complexity index is 234. The molecule has 1 atom stereocenters. The number of hydrogen-bond acceptors (Lipinski definition) is 4. The first-order chi connectivity index (χ1) is 8.08. The number of morpholine rings is 1. The van der Waals surface area contributed by atoms with Crippen molar-refractivity contribution in [3.05, 3.63) is 0 Å². The van der Waals surface area contributed by atoms with Gasteiger partial charge >= 0.3 is 0 Å². The lowest BCUT2D eigenvalue weighted by Gasteiger charge is -2.30. The molecule has 100 valence electrons. The molecular weight excluding hydrogens is 218 g/mol. The summed E-state index contributed by atoms with van der Waals surface area (Å²) in [5.41, 5.74) is 0. The van der Waals surface area contributed by atoms with Crippen LogP contribution in [0.5, 0.6) is 0 Å². The van der Waals surface area contributed by atoms with Crippen LogP contribution in [0, 0.1) is 0 Å². The predicted molar refractivity (Wildman–Crippen MR) is 68.0 cm³/mol. The minimum Gasteiger partial charge on any atom is -0.374 e. The number of rotatable bonds is 6. The highest BCUT2D eigenvalue weighted by molar-refractivity contribution is 5.76. The maximum atomic E-state index is 11.4. The van der Waals surface area contributed by atoms with Crippen LogP contribution < -0.4 is 10.6 Å². The molecule has 2 N–H and O–H groups in total. The van der Waals surface area contributed by atoms with Crippen LogP contribution in [0.3, 0.4) is 0 Å². The molecule has 1 amide bonds. The van der Waals surface area contributed by atoms with E-state index in [4.69, 9.17) is 4.74 Å². The van der Waals surface area contributed by atoms with Gasteiger partial charge in [-0.3, -0.25) is 4.79 Å². The zero-order chi connectivity index (χ0) is 12.7. The van der Waals surface area contributed by atoms with Crippen molar-refractivity contribution in [1.29, 1.82) is 0 Å². The van der Waals surface area contributed by atoms with E-state index in [1.807, 2.05) is 13.8 Å². The highest BCUT2D eigenvalue weighted by Gasteiger charge is 2.16. The van der Waals surface area contributed by atoms with Gasteiger partial charge in [0.05, 0.1) is 12.7 Å². The largest absolute Gasteiger partial charge is 0.374 e. The number of ether oxygens (including phenoxy) is 1. The summed E-state index contributed by atoms with van der Waals surface area (Å²) in [6.45, 7) is 8.24. The quantitative estimate of drug-likeness (QED) is 0.636. The molecule has 1 aliphatic rings. The van der Waals surface area contributed by atoms with E-state index in [0.717, 1.165) is 26.2 Å². The third kappa shape index (κ3) is 6.61. The smallest absolute Gasteiger partial charge is 0.221 e. The van der Waals surface area contributed by atoms with Crippen molar-refractivity contribution in [1.82, 2.24) is 15.5 Å². The van der Waals surface area contributed by atoms with Gasteiger partial charge in [0.25, 0.3) is 0 Å². The summed E-state index contributed by atoms with van der Waals surface area (Å²) < 4.78 is 5.62. The average Bonchev–Trinajstić information content (AvgIpc) is 2.23. The maximum absolute atomic E-state index is 11.4. The summed E-state index contributed by atoms with van der Waals surface area (Å²) in [7, 11) is 2.10. The van der Waals surface area contributed by atoms with Crippen LogP contribution in [0.2, 0.25) is 0 Å². The maximum Gasteiger partial charge on any atom is 0.221 e. The Morgan fingerprint density at radius 1 is 1.53 bits per heavy atom. The monoisotopic (exact) mass is 243 g/mol. The molecule has 0 aromatic rings. The van der Waals surface area contributed by atoms with E-state index < -0.39 is 0 Å². The fourth-order valence-corrected chi connectivity index (χ4v) is 1.85. The van der Waals surface area contributed by atoms with Crippen LogP contribution in [0.25, 0.3) is 0 Å². The fraction of sp³-hybridized carbons (Fsp3) is 0.917. The summed E-state index contributed by atoms with van der Waals surface area (Å²) in [6, 6.07) is 0.220. The Balaban J connectivity index is 2.01. The zero-order valence-corrected chi connectivity index (χ0v) is 11.2. The van der Waals surface area contributed by atoms with Crippen molar-refractivity contribution < 1.29 is 9.53 Å². The molecule has 1 rings (SSSR count). The molecule has 0 aromatic carbocycles. The predicted octanol–water partition coefficient (Wildman–Crippen LogP) is -0.179. The molecule has 0 aromatic heterocycles. The molecule has 0 aliphatic carbocycles. The van der Waals surface area contributed by atoms with Gasteiger partial charge in [0.15, 0.2) is 0 Å². The van der Waals surface area contributed by atoms with Crippen LogP contribution in [-0.2, 0) is 9.53 Å². The lowest BCUT2D eigenvalue weighted by atomic mass is 10.2. The molecule has 0 spiro atoms. The first kappa shape index (κ1) is 14.4. The molecule has 0 saturated carbocycles. The van der Waals surface area contributed by atoms with E-state index in [0.29, 0.717) is 13.0 Å². The Hall–Kier alpha value is -0.650. The van der Waals surface area contributed by atoms with Crippen LogP contribution in [0.15, 0.2) is 0 Å². The Morgan fingerprint density at radius 3 is 2.94 bits per heavy atom. The summed E-state index contributed by atoms with van der Waals surface area (Å²) in [5.74, 6) is 0.106. The Kier molecular flexibility index (Phi) is 6.47. The van der Waals surface area contributed by atoms with Gasteiger partial charge in [-0.05, 0) is 20.9 Å². The van der Waals surface area contributed by atoms with Gasteiger partial charge in [-0.25, -0.2) is 0 Å². The number of likely N-dealkylation sites (N-methyl/N-ethyl adjacent to an activating group) is 1. The second kappa shape index (κ2) is 7.63. The van der Waals surface area contributed by atoms with Crippen molar-refractivity contribution in [2.45, 2.75) is 32.4 Å². The molecule has 5 heteroatoms. The van der Waals surface area contributed by atoms with Gasteiger partial charge in [0.2, 0.25) is 5.91 Å². The van der Waals surface area contributed by atoms with Gasteiger partial charge in [0, 0.05) is 38.6 Å². The summed E-state index contributed by atoms with van der Waals surface area (Å²) in [5, 5.41) is 6.14. The zero-order valence-electron chi connectivity index (χ0n) is 11.2. The topological polar surface area (TPSA) is 53.6 Å². The van der Waals surface area contributed by atoms with Crippen molar-refractivity contribution in [3.8, 4) is 0 Å². The number of carbonyl (C=O) groups is 1. The minimum absolute atomic E-state index is 0.106. The van der Waals surface area contributed by atoms with Gasteiger partial charge in [0.1, 0.15) is 0 Å². The molecular formula is C12H25N3O2. The molecule has 0 bridgehead atoms. The highest BCUT2D eigenvalue weighted by Crippen LogP contribution is 2.01. The number of amides is 1. The van der Waals surface area contributed by atoms with Crippen LogP contribution in [0.1, 0.15) is 20.3 Å². The SMILES string of the molecule is CC(C)NC(=O)CCNCC1CN(C)CCO1. The molecule has 5 nitrogen and oxygen atoms in total. The second-order valence-electron chi connectivity index (χ2n) is 4.93. The van der Waals surface area contributed by atoms with Gasteiger partial charge in [-0.15, -0.1) is 0 Å². The first-order valence-electron chi connectivity index (χ1n) is 6.38. The third-order valence-corrected chi connectivity index (χ3v) is 2.69. The molecule has 1 fully saturated rings. The molecule has 1 unspecified atom stereocenters. The molecule has 1 heterocycles. The lowest BCUT2D eigenvalue weighted by Crippen LogP contribution is -2.45. The van der Waals surface area contributed by atoms with E-state index in [2.05, 4.69) is 22.6 Å². The fourth-order valence-electron chi connectivity index (χ4n) is 1.85. The number of nitrogens with zero attached hydrogens (tertiary/aromatic N) is 1. The van der Waals surface area contributed by atoms with Crippen molar-refractivity contribution >= 4 is 5.91 Å². The van der Waals surface area contributed by atoms with E-state index in [1.54, 1.807) is 0 Å². The Morgan fingerprint density at radius 2 is 2.29 bits per heavy atom. The van der Waals surface area contributed by atoms with Crippen molar-refractivity contribution in [2.24, 2.45) is 0 Å². The van der Waals surface area contributed by atoms with E-state index in [-0.39, 0.29) is 18.1 Å². The van der Waals surface area contributed by atoms with Crippen molar-refractivity contribution in [2.75, 3.05) is 39.8 Å². The molecule has 17 heavy (non-hydrogen) atoms. The van der Waals surface area contributed by atoms with Crippen LogP contribution in [0.4, 0.5) is 0 Å². The minimum atomic E-state index is 0.106. The number of nitrogens with one attached hydrogen (secondary N) is 2. The van der Waals surface area contributed by atoms with Gasteiger partial charge < -0.3 is 20.3 Å². The van der Waals surface area contributed by atoms with E-state index >= 15 is 0 Å². The normalized spacial score (nSPS) is 21.8. The molecule has 1 aliphatic heterocycles. The summed E-state index contributed by atoms with van der Waals surface area (Å²) in [4.78, 5) is 13.6.